The summed E-state index contributed by atoms with van der Waals surface area (Å²) < 4.78 is 0. The van der Waals surface area contributed by atoms with Gasteiger partial charge in [-0.1, -0.05) is 17.7 Å². The predicted molar refractivity (Wildman–Crippen MR) is 72.9 cm³/mol. The van der Waals surface area contributed by atoms with Crippen LogP contribution in [0.3, 0.4) is 0 Å². The van der Waals surface area contributed by atoms with Crippen molar-refractivity contribution in [3.8, 4) is 0 Å². The SMILES string of the molecule is Cc1ccc(Nc2nc(Cl)ncc2[N+](=O)[O-])c(C)c1. The van der Waals surface area contributed by atoms with E-state index >= 15 is 0 Å². The summed E-state index contributed by atoms with van der Waals surface area (Å²) in [6.07, 6.45) is 1.08. The number of rotatable bonds is 3. The van der Waals surface area contributed by atoms with Crippen LogP contribution in [0.1, 0.15) is 11.1 Å². The molecule has 0 aliphatic heterocycles. The number of halogens is 1. The van der Waals surface area contributed by atoms with Crippen LogP contribution in [0.2, 0.25) is 5.28 Å². The zero-order valence-corrected chi connectivity index (χ0v) is 11.1. The Morgan fingerprint density at radius 3 is 2.74 bits per heavy atom. The monoisotopic (exact) mass is 278 g/mol. The molecular weight excluding hydrogens is 268 g/mol. The fourth-order valence-electron chi connectivity index (χ4n) is 1.66. The van der Waals surface area contributed by atoms with Gasteiger partial charge in [-0.25, -0.2) is 4.98 Å². The molecule has 1 aromatic carbocycles. The number of anilines is 2. The van der Waals surface area contributed by atoms with Gasteiger partial charge in [-0.3, -0.25) is 10.1 Å². The van der Waals surface area contributed by atoms with E-state index in [4.69, 9.17) is 11.6 Å². The highest BCUT2D eigenvalue weighted by Gasteiger charge is 2.17. The Bertz CT molecular complexity index is 646. The van der Waals surface area contributed by atoms with Crippen LogP contribution in [0, 0.1) is 24.0 Å². The lowest BCUT2D eigenvalue weighted by molar-refractivity contribution is -0.384. The van der Waals surface area contributed by atoms with Crippen molar-refractivity contribution in [2.45, 2.75) is 13.8 Å². The molecule has 0 unspecified atom stereocenters. The molecule has 1 heterocycles. The van der Waals surface area contributed by atoms with Crippen LogP contribution >= 0.6 is 11.6 Å². The molecule has 0 aliphatic carbocycles. The number of aryl methyl sites for hydroxylation is 2. The van der Waals surface area contributed by atoms with Crippen molar-refractivity contribution < 1.29 is 4.92 Å². The van der Waals surface area contributed by atoms with Crippen molar-refractivity contribution >= 4 is 28.8 Å². The molecule has 98 valence electrons. The molecule has 0 radical (unpaired) electrons. The molecule has 0 bridgehead atoms. The average Bonchev–Trinajstić information content (AvgIpc) is 2.32. The van der Waals surface area contributed by atoms with Crippen molar-refractivity contribution in [1.82, 2.24) is 9.97 Å². The zero-order valence-electron chi connectivity index (χ0n) is 10.3. The van der Waals surface area contributed by atoms with Gasteiger partial charge in [-0.05, 0) is 37.1 Å². The highest BCUT2D eigenvalue weighted by atomic mass is 35.5. The van der Waals surface area contributed by atoms with Crippen LogP contribution in [0.4, 0.5) is 17.2 Å². The molecule has 0 amide bonds. The van der Waals surface area contributed by atoms with E-state index in [0.29, 0.717) is 0 Å². The second-order valence-corrected chi connectivity index (χ2v) is 4.41. The van der Waals surface area contributed by atoms with E-state index in [2.05, 4.69) is 15.3 Å². The molecule has 1 aromatic heterocycles. The predicted octanol–water partition coefficient (Wildman–Crippen LogP) is 3.40. The number of hydrogen-bond donors (Lipinski definition) is 1. The molecule has 0 spiro atoms. The smallest absolute Gasteiger partial charge is 0.329 e. The second-order valence-electron chi connectivity index (χ2n) is 4.07. The molecule has 0 saturated heterocycles. The first-order valence-electron chi connectivity index (χ1n) is 5.48. The Balaban J connectivity index is 2.42. The first-order chi connectivity index (χ1) is 8.97. The number of nitrogens with one attached hydrogen (secondary N) is 1. The zero-order chi connectivity index (χ0) is 14.0. The van der Waals surface area contributed by atoms with Crippen LogP contribution in [0.15, 0.2) is 24.4 Å². The molecule has 7 heteroatoms. The van der Waals surface area contributed by atoms with Crippen LogP contribution in [0.25, 0.3) is 0 Å². The molecule has 19 heavy (non-hydrogen) atoms. The maximum absolute atomic E-state index is 10.9. The topological polar surface area (TPSA) is 81.0 Å². The van der Waals surface area contributed by atoms with Gasteiger partial charge in [0.2, 0.25) is 11.1 Å². The van der Waals surface area contributed by atoms with Crippen molar-refractivity contribution in [3.63, 3.8) is 0 Å². The minimum Gasteiger partial charge on any atom is -0.334 e. The molecule has 1 N–H and O–H groups in total. The fraction of sp³-hybridized carbons (Fsp3) is 0.167. The number of hydrogen-bond acceptors (Lipinski definition) is 5. The summed E-state index contributed by atoms with van der Waals surface area (Å²) >= 11 is 5.67. The third-order valence-electron chi connectivity index (χ3n) is 2.57. The maximum atomic E-state index is 10.9. The highest BCUT2D eigenvalue weighted by molar-refractivity contribution is 6.28. The Morgan fingerprint density at radius 1 is 1.37 bits per heavy atom. The Kier molecular flexibility index (Phi) is 3.62. The maximum Gasteiger partial charge on any atom is 0.329 e. The quantitative estimate of drug-likeness (QED) is 0.529. The third kappa shape index (κ3) is 2.97. The summed E-state index contributed by atoms with van der Waals surface area (Å²) in [5.41, 5.74) is 2.59. The van der Waals surface area contributed by atoms with Crippen molar-refractivity contribution in [2.75, 3.05) is 5.32 Å². The lowest BCUT2D eigenvalue weighted by Gasteiger charge is -2.09. The summed E-state index contributed by atoms with van der Waals surface area (Å²) in [5, 5.41) is 13.8. The average molecular weight is 279 g/mol. The first kappa shape index (κ1) is 13.2. The van der Waals surface area contributed by atoms with Gasteiger partial charge in [0.1, 0.15) is 6.20 Å². The molecule has 2 rings (SSSR count). The Labute approximate surface area is 114 Å². The summed E-state index contributed by atoms with van der Waals surface area (Å²) in [6.45, 7) is 3.88. The van der Waals surface area contributed by atoms with E-state index < -0.39 is 4.92 Å². The second kappa shape index (κ2) is 5.19. The lowest BCUT2D eigenvalue weighted by Crippen LogP contribution is -2.02. The lowest BCUT2D eigenvalue weighted by atomic mass is 10.1. The van der Waals surface area contributed by atoms with Gasteiger partial charge in [0, 0.05) is 5.69 Å². The van der Waals surface area contributed by atoms with Gasteiger partial charge in [0.15, 0.2) is 0 Å². The summed E-state index contributed by atoms with van der Waals surface area (Å²) in [5.74, 6) is 0.0805. The summed E-state index contributed by atoms with van der Waals surface area (Å²) in [4.78, 5) is 17.8. The molecule has 6 nitrogen and oxygen atoms in total. The van der Waals surface area contributed by atoms with Gasteiger partial charge in [-0.15, -0.1) is 0 Å². The Morgan fingerprint density at radius 2 is 2.11 bits per heavy atom. The first-order valence-corrected chi connectivity index (χ1v) is 5.86. The number of nitro groups is 1. The standard InChI is InChI=1S/C12H11ClN4O2/c1-7-3-4-9(8(2)5-7)15-11-10(17(18)19)6-14-12(13)16-11/h3-6H,1-2H3,(H,14,15,16). The number of aromatic nitrogens is 2. The largest absolute Gasteiger partial charge is 0.334 e. The normalized spacial score (nSPS) is 10.3. The molecule has 0 aliphatic rings. The van der Waals surface area contributed by atoms with Gasteiger partial charge in [0.25, 0.3) is 0 Å². The van der Waals surface area contributed by atoms with Crippen LogP contribution in [-0.4, -0.2) is 14.9 Å². The minimum absolute atomic E-state index is 0.0436. The fourth-order valence-corrected chi connectivity index (χ4v) is 1.79. The molecule has 0 fully saturated rings. The van der Waals surface area contributed by atoms with E-state index in [1.165, 1.54) is 0 Å². The van der Waals surface area contributed by atoms with Crippen molar-refractivity contribution in [3.05, 3.63) is 50.9 Å². The minimum atomic E-state index is -0.553. The third-order valence-corrected chi connectivity index (χ3v) is 2.75. The van der Waals surface area contributed by atoms with Crippen molar-refractivity contribution in [2.24, 2.45) is 0 Å². The summed E-state index contributed by atoms with van der Waals surface area (Å²) in [6, 6.07) is 5.71. The van der Waals surface area contributed by atoms with Crippen LogP contribution in [0.5, 0.6) is 0 Å². The molecular formula is C12H11ClN4O2. The van der Waals surface area contributed by atoms with Gasteiger partial charge in [-0.2, -0.15) is 4.98 Å². The van der Waals surface area contributed by atoms with E-state index in [0.717, 1.165) is 23.0 Å². The molecule has 2 aromatic rings. The van der Waals surface area contributed by atoms with E-state index in [1.54, 1.807) is 0 Å². The van der Waals surface area contributed by atoms with E-state index in [-0.39, 0.29) is 16.8 Å². The Hall–Kier alpha value is -2.21. The molecule has 0 atom stereocenters. The van der Waals surface area contributed by atoms with Crippen molar-refractivity contribution in [1.29, 1.82) is 0 Å². The van der Waals surface area contributed by atoms with Crippen LogP contribution in [-0.2, 0) is 0 Å². The van der Waals surface area contributed by atoms with Gasteiger partial charge in [0.05, 0.1) is 4.92 Å². The van der Waals surface area contributed by atoms with Gasteiger partial charge >= 0.3 is 5.69 Å². The van der Waals surface area contributed by atoms with E-state index in [9.17, 15) is 10.1 Å². The molecule has 0 saturated carbocycles. The van der Waals surface area contributed by atoms with Gasteiger partial charge < -0.3 is 5.32 Å². The van der Waals surface area contributed by atoms with Crippen LogP contribution < -0.4 is 5.32 Å². The van der Waals surface area contributed by atoms with E-state index in [1.807, 2.05) is 32.0 Å². The number of nitrogens with zero attached hydrogens (tertiary/aromatic N) is 3. The number of benzene rings is 1. The highest BCUT2D eigenvalue weighted by Crippen LogP contribution is 2.27. The summed E-state index contributed by atoms with van der Waals surface area (Å²) in [7, 11) is 0.